The normalized spacial score (nSPS) is 10.9. The predicted octanol–water partition coefficient (Wildman–Crippen LogP) is 4.18. The minimum atomic E-state index is -0.296. The number of halogens is 1. The minimum Gasteiger partial charge on any atom is -0.399 e. The number of hydrogen-bond donors (Lipinski definition) is 2. The second kappa shape index (κ2) is 7.06. The van der Waals surface area contributed by atoms with Crippen LogP contribution >= 0.6 is 11.3 Å². The highest BCUT2D eigenvalue weighted by molar-refractivity contribution is 7.14. The van der Waals surface area contributed by atoms with Gasteiger partial charge in [0.05, 0.1) is 5.69 Å². The average molecular weight is 339 g/mol. The average Bonchev–Trinajstić information content (AvgIpc) is 3.03. The van der Waals surface area contributed by atoms with Crippen LogP contribution in [0.25, 0.3) is 17.3 Å². The van der Waals surface area contributed by atoms with Gasteiger partial charge in [-0.25, -0.2) is 9.37 Å². The molecular weight excluding hydrogens is 325 g/mol. The Kier molecular flexibility index (Phi) is 4.67. The molecule has 0 aliphatic heterocycles. The van der Waals surface area contributed by atoms with Crippen LogP contribution in [0.5, 0.6) is 0 Å². The number of aromatic nitrogens is 1. The Balaban J connectivity index is 1.64. The molecule has 0 aliphatic rings. The van der Waals surface area contributed by atoms with Gasteiger partial charge in [0.1, 0.15) is 5.82 Å². The van der Waals surface area contributed by atoms with E-state index in [1.54, 1.807) is 30.3 Å². The molecule has 1 amide bonds. The third kappa shape index (κ3) is 4.05. The topological polar surface area (TPSA) is 68.0 Å². The zero-order valence-electron chi connectivity index (χ0n) is 12.6. The van der Waals surface area contributed by atoms with Crippen molar-refractivity contribution in [3.63, 3.8) is 0 Å². The molecule has 24 heavy (non-hydrogen) atoms. The van der Waals surface area contributed by atoms with E-state index in [2.05, 4.69) is 10.3 Å². The fourth-order valence-corrected chi connectivity index (χ4v) is 2.73. The van der Waals surface area contributed by atoms with E-state index in [1.165, 1.54) is 29.5 Å². The molecule has 0 fully saturated rings. The monoisotopic (exact) mass is 339 g/mol. The van der Waals surface area contributed by atoms with E-state index in [0.717, 1.165) is 11.1 Å². The van der Waals surface area contributed by atoms with Crippen LogP contribution < -0.4 is 11.1 Å². The van der Waals surface area contributed by atoms with Gasteiger partial charge in [-0.1, -0.05) is 12.1 Å². The Morgan fingerprint density at radius 3 is 2.54 bits per heavy atom. The first-order chi connectivity index (χ1) is 11.6. The van der Waals surface area contributed by atoms with Crippen LogP contribution in [0.4, 0.5) is 15.2 Å². The van der Waals surface area contributed by atoms with Gasteiger partial charge in [-0.05, 0) is 48.0 Å². The van der Waals surface area contributed by atoms with Gasteiger partial charge in [0.2, 0.25) is 5.91 Å². The van der Waals surface area contributed by atoms with E-state index in [9.17, 15) is 9.18 Å². The lowest BCUT2D eigenvalue weighted by atomic mass is 10.2. The molecule has 1 aromatic heterocycles. The van der Waals surface area contributed by atoms with Crippen molar-refractivity contribution in [2.45, 2.75) is 0 Å². The van der Waals surface area contributed by atoms with Gasteiger partial charge in [0.15, 0.2) is 5.13 Å². The Labute approximate surface area is 142 Å². The maximum absolute atomic E-state index is 12.9. The first-order valence-corrected chi connectivity index (χ1v) is 8.04. The van der Waals surface area contributed by atoms with E-state index in [1.807, 2.05) is 17.5 Å². The Morgan fingerprint density at radius 1 is 1.12 bits per heavy atom. The van der Waals surface area contributed by atoms with Crippen molar-refractivity contribution in [2.75, 3.05) is 11.1 Å². The van der Waals surface area contributed by atoms with E-state index in [4.69, 9.17) is 5.73 Å². The summed E-state index contributed by atoms with van der Waals surface area (Å²) in [6.45, 7) is 0. The fraction of sp³-hybridized carbons (Fsp3) is 0. The van der Waals surface area contributed by atoms with Gasteiger partial charge in [0.25, 0.3) is 0 Å². The largest absolute Gasteiger partial charge is 0.399 e. The van der Waals surface area contributed by atoms with Crippen LogP contribution in [0.1, 0.15) is 5.56 Å². The Morgan fingerprint density at radius 2 is 1.83 bits per heavy atom. The summed E-state index contributed by atoms with van der Waals surface area (Å²) < 4.78 is 12.9. The molecule has 1 heterocycles. The molecule has 0 unspecified atom stereocenters. The standard InChI is InChI=1S/C18H14FN3OS/c19-14-6-4-13(5-7-14)16-11-24-18(21-16)22-17(23)10-3-12-1-8-15(20)9-2-12/h1-11H,20H2,(H,21,22,23)/b10-3+. The van der Waals surface area contributed by atoms with Gasteiger partial charge in [0, 0.05) is 22.7 Å². The number of hydrogen-bond acceptors (Lipinski definition) is 4. The van der Waals surface area contributed by atoms with Crippen LogP contribution in [0, 0.1) is 5.82 Å². The van der Waals surface area contributed by atoms with Crippen LogP contribution in [0.15, 0.2) is 60.0 Å². The van der Waals surface area contributed by atoms with Crippen molar-refractivity contribution >= 4 is 34.1 Å². The maximum Gasteiger partial charge on any atom is 0.250 e. The molecule has 0 bridgehead atoms. The van der Waals surface area contributed by atoms with Gasteiger partial charge >= 0.3 is 0 Å². The molecule has 0 atom stereocenters. The predicted molar refractivity (Wildman–Crippen MR) is 96.0 cm³/mol. The summed E-state index contributed by atoms with van der Waals surface area (Å²) in [7, 11) is 0. The van der Waals surface area contributed by atoms with Crippen LogP contribution in [-0.2, 0) is 4.79 Å². The molecule has 0 saturated carbocycles. The molecule has 3 N–H and O–H groups in total. The summed E-state index contributed by atoms with van der Waals surface area (Å²) in [4.78, 5) is 16.3. The summed E-state index contributed by atoms with van der Waals surface area (Å²) >= 11 is 1.31. The number of carbonyl (C=O) groups excluding carboxylic acids is 1. The van der Waals surface area contributed by atoms with Crippen molar-refractivity contribution in [2.24, 2.45) is 0 Å². The quantitative estimate of drug-likeness (QED) is 0.553. The number of nitrogen functional groups attached to an aromatic ring is 1. The van der Waals surface area contributed by atoms with Gasteiger partial charge in [-0.2, -0.15) is 0 Å². The molecule has 4 nitrogen and oxygen atoms in total. The van der Waals surface area contributed by atoms with Crippen molar-refractivity contribution in [1.82, 2.24) is 4.98 Å². The zero-order valence-corrected chi connectivity index (χ0v) is 13.4. The number of anilines is 2. The van der Waals surface area contributed by atoms with E-state index in [0.29, 0.717) is 16.5 Å². The van der Waals surface area contributed by atoms with E-state index in [-0.39, 0.29) is 11.7 Å². The molecule has 0 spiro atoms. The first-order valence-electron chi connectivity index (χ1n) is 7.16. The van der Waals surface area contributed by atoms with Crippen LogP contribution in [0.3, 0.4) is 0 Å². The highest BCUT2D eigenvalue weighted by atomic mass is 32.1. The number of nitrogens with two attached hydrogens (primary N) is 1. The minimum absolute atomic E-state index is 0.271. The summed E-state index contributed by atoms with van der Waals surface area (Å²) in [6, 6.07) is 13.3. The molecule has 120 valence electrons. The lowest BCUT2D eigenvalue weighted by Gasteiger charge is -1.98. The molecular formula is C18H14FN3OS. The second-order valence-corrected chi connectivity index (χ2v) is 5.89. The number of thiazole rings is 1. The third-order valence-electron chi connectivity index (χ3n) is 3.24. The van der Waals surface area contributed by atoms with Crippen LogP contribution in [-0.4, -0.2) is 10.9 Å². The Bertz CT molecular complexity index is 870. The molecule has 0 radical (unpaired) electrons. The Hall–Kier alpha value is -2.99. The second-order valence-electron chi connectivity index (χ2n) is 5.03. The van der Waals surface area contributed by atoms with Crippen LogP contribution in [0.2, 0.25) is 0 Å². The molecule has 0 aliphatic carbocycles. The molecule has 6 heteroatoms. The number of carbonyl (C=O) groups is 1. The molecule has 3 rings (SSSR count). The lowest BCUT2D eigenvalue weighted by molar-refractivity contribution is -0.111. The highest BCUT2D eigenvalue weighted by Crippen LogP contribution is 2.25. The number of nitrogens with one attached hydrogen (secondary N) is 1. The van der Waals surface area contributed by atoms with Gasteiger partial charge in [-0.3, -0.25) is 10.1 Å². The third-order valence-corrected chi connectivity index (χ3v) is 4.00. The summed E-state index contributed by atoms with van der Waals surface area (Å²) in [6.07, 6.45) is 3.13. The van der Waals surface area contributed by atoms with Crippen molar-refractivity contribution in [3.05, 3.63) is 71.4 Å². The van der Waals surface area contributed by atoms with Crippen molar-refractivity contribution < 1.29 is 9.18 Å². The van der Waals surface area contributed by atoms with Crippen molar-refractivity contribution in [1.29, 1.82) is 0 Å². The first kappa shape index (κ1) is 15.9. The van der Waals surface area contributed by atoms with E-state index < -0.39 is 0 Å². The number of nitrogens with zero attached hydrogens (tertiary/aromatic N) is 1. The summed E-state index contributed by atoms with van der Waals surface area (Å²) in [5.41, 5.74) is 8.66. The van der Waals surface area contributed by atoms with E-state index >= 15 is 0 Å². The summed E-state index contributed by atoms with van der Waals surface area (Å²) in [5, 5.41) is 5.01. The lowest BCUT2D eigenvalue weighted by Crippen LogP contribution is -2.07. The zero-order chi connectivity index (χ0) is 16.9. The molecule has 0 saturated heterocycles. The number of rotatable bonds is 4. The fourth-order valence-electron chi connectivity index (χ4n) is 2.01. The number of amides is 1. The van der Waals surface area contributed by atoms with Gasteiger partial charge < -0.3 is 5.73 Å². The number of benzene rings is 2. The highest BCUT2D eigenvalue weighted by Gasteiger charge is 2.06. The van der Waals surface area contributed by atoms with Crippen molar-refractivity contribution in [3.8, 4) is 11.3 Å². The molecule has 3 aromatic rings. The molecule has 2 aromatic carbocycles. The summed E-state index contributed by atoms with van der Waals surface area (Å²) in [5.74, 6) is -0.567. The maximum atomic E-state index is 12.9. The SMILES string of the molecule is Nc1ccc(/C=C/C(=O)Nc2nc(-c3ccc(F)cc3)cs2)cc1. The smallest absolute Gasteiger partial charge is 0.250 e. The van der Waals surface area contributed by atoms with Gasteiger partial charge in [-0.15, -0.1) is 11.3 Å².